The van der Waals surface area contributed by atoms with Gasteiger partial charge in [0, 0.05) is 11.3 Å². The standard InChI is InChI=1S/C20H23NO5/c1-3-23-18-12-15(6-9-17(18)19-24-10-11-25-19)13-26-20(22)21-16-7-4-14(2)5-8-16/h4-9,12,19H,3,10-11,13H2,1-2H3,(H,21,22). The number of carbonyl (C=O) groups excluding carboxylic acids is 1. The van der Waals surface area contributed by atoms with Crippen molar-refractivity contribution in [2.45, 2.75) is 26.7 Å². The molecule has 0 spiro atoms. The third kappa shape index (κ3) is 4.74. The van der Waals surface area contributed by atoms with E-state index >= 15 is 0 Å². The molecule has 3 rings (SSSR count). The minimum atomic E-state index is -0.502. The quantitative estimate of drug-likeness (QED) is 0.840. The molecule has 0 saturated carbocycles. The number of ether oxygens (including phenoxy) is 4. The molecule has 0 radical (unpaired) electrons. The fraction of sp³-hybridized carbons (Fsp3) is 0.350. The Bertz CT molecular complexity index is 738. The van der Waals surface area contributed by atoms with Crippen molar-refractivity contribution in [1.82, 2.24) is 0 Å². The monoisotopic (exact) mass is 357 g/mol. The molecule has 1 heterocycles. The number of carbonyl (C=O) groups is 1. The number of hydrogen-bond donors (Lipinski definition) is 1. The number of anilines is 1. The van der Waals surface area contributed by atoms with Gasteiger partial charge in [0.15, 0.2) is 6.29 Å². The van der Waals surface area contributed by atoms with Gasteiger partial charge < -0.3 is 18.9 Å². The van der Waals surface area contributed by atoms with Gasteiger partial charge in [0.25, 0.3) is 0 Å². The lowest BCUT2D eigenvalue weighted by molar-refractivity contribution is -0.0457. The molecule has 0 atom stereocenters. The fourth-order valence-electron chi connectivity index (χ4n) is 2.62. The molecule has 0 aliphatic carbocycles. The van der Waals surface area contributed by atoms with Crippen molar-refractivity contribution >= 4 is 11.8 Å². The van der Waals surface area contributed by atoms with Crippen LogP contribution in [0.3, 0.4) is 0 Å². The van der Waals surface area contributed by atoms with Crippen molar-refractivity contribution < 1.29 is 23.7 Å². The van der Waals surface area contributed by atoms with E-state index in [1.165, 1.54) is 0 Å². The Morgan fingerprint density at radius 1 is 1.15 bits per heavy atom. The minimum Gasteiger partial charge on any atom is -0.493 e. The zero-order valence-electron chi connectivity index (χ0n) is 15.0. The van der Waals surface area contributed by atoms with Crippen molar-refractivity contribution in [2.24, 2.45) is 0 Å². The summed E-state index contributed by atoms with van der Waals surface area (Å²) in [6.07, 6.45) is -0.908. The topological polar surface area (TPSA) is 66.0 Å². The van der Waals surface area contributed by atoms with Crippen LogP contribution < -0.4 is 10.1 Å². The molecule has 2 aromatic rings. The molecule has 26 heavy (non-hydrogen) atoms. The van der Waals surface area contributed by atoms with E-state index in [2.05, 4.69) is 5.32 Å². The highest BCUT2D eigenvalue weighted by atomic mass is 16.7. The molecule has 0 unspecified atom stereocenters. The number of benzene rings is 2. The van der Waals surface area contributed by atoms with Gasteiger partial charge in [0.05, 0.1) is 19.8 Å². The second-order valence-electron chi connectivity index (χ2n) is 5.95. The van der Waals surface area contributed by atoms with Crippen molar-refractivity contribution in [3.8, 4) is 5.75 Å². The molecule has 1 aliphatic heterocycles. The predicted molar refractivity (Wildman–Crippen MR) is 97.2 cm³/mol. The summed E-state index contributed by atoms with van der Waals surface area (Å²) in [6.45, 7) is 5.71. The summed E-state index contributed by atoms with van der Waals surface area (Å²) in [5, 5.41) is 2.70. The van der Waals surface area contributed by atoms with E-state index < -0.39 is 12.4 Å². The van der Waals surface area contributed by atoms with Gasteiger partial charge in [-0.05, 0) is 43.7 Å². The maximum Gasteiger partial charge on any atom is 0.411 e. The second kappa shape index (κ2) is 8.69. The maximum atomic E-state index is 12.0. The van der Waals surface area contributed by atoms with Gasteiger partial charge in [-0.3, -0.25) is 5.32 Å². The fourth-order valence-corrected chi connectivity index (χ4v) is 2.62. The Balaban J connectivity index is 1.60. The van der Waals surface area contributed by atoms with Crippen LogP contribution in [-0.4, -0.2) is 25.9 Å². The SMILES string of the molecule is CCOc1cc(COC(=O)Nc2ccc(C)cc2)ccc1C1OCCO1. The van der Waals surface area contributed by atoms with Crippen LogP contribution in [0.15, 0.2) is 42.5 Å². The van der Waals surface area contributed by atoms with Crippen LogP contribution in [0, 0.1) is 6.92 Å². The summed E-state index contributed by atoms with van der Waals surface area (Å²) in [6, 6.07) is 13.1. The molecule has 1 fully saturated rings. The smallest absolute Gasteiger partial charge is 0.411 e. The molecule has 1 saturated heterocycles. The van der Waals surface area contributed by atoms with E-state index in [0.29, 0.717) is 31.3 Å². The number of rotatable bonds is 6. The number of amides is 1. The van der Waals surface area contributed by atoms with Gasteiger partial charge in [-0.1, -0.05) is 23.8 Å². The van der Waals surface area contributed by atoms with E-state index in [0.717, 1.165) is 16.7 Å². The zero-order chi connectivity index (χ0) is 18.4. The van der Waals surface area contributed by atoms with Gasteiger partial charge in [0.1, 0.15) is 12.4 Å². The van der Waals surface area contributed by atoms with E-state index in [9.17, 15) is 4.79 Å². The Hall–Kier alpha value is -2.57. The van der Waals surface area contributed by atoms with Crippen molar-refractivity contribution in [2.75, 3.05) is 25.1 Å². The lowest BCUT2D eigenvalue weighted by Crippen LogP contribution is -2.13. The third-order valence-corrected chi connectivity index (χ3v) is 3.92. The van der Waals surface area contributed by atoms with Crippen molar-refractivity contribution in [3.63, 3.8) is 0 Å². The van der Waals surface area contributed by atoms with E-state index in [1.807, 2.05) is 56.3 Å². The zero-order valence-corrected chi connectivity index (χ0v) is 15.0. The van der Waals surface area contributed by atoms with Crippen LogP contribution in [0.2, 0.25) is 0 Å². The average Bonchev–Trinajstić information content (AvgIpc) is 3.17. The Morgan fingerprint density at radius 3 is 2.58 bits per heavy atom. The van der Waals surface area contributed by atoms with Crippen LogP contribution >= 0.6 is 0 Å². The Morgan fingerprint density at radius 2 is 1.88 bits per heavy atom. The summed E-state index contributed by atoms with van der Waals surface area (Å²) in [4.78, 5) is 12.0. The molecule has 1 N–H and O–H groups in total. The normalized spacial score (nSPS) is 14.2. The van der Waals surface area contributed by atoms with Crippen LogP contribution in [0.1, 0.15) is 29.9 Å². The Labute approximate surface area is 153 Å². The van der Waals surface area contributed by atoms with Gasteiger partial charge in [0.2, 0.25) is 0 Å². The first-order valence-corrected chi connectivity index (χ1v) is 8.65. The van der Waals surface area contributed by atoms with Crippen LogP contribution in [0.5, 0.6) is 5.75 Å². The number of nitrogens with one attached hydrogen (secondary N) is 1. The molecule has 6 heteroatoms. The van der Waals surface area contributed by atoms with E-state index in [1.54, 1.807) is 0 Å². The Kier molecular flexibility index (Phi) is 6.09. The van der Waals surface area contributed by atoms with Crippen molar-refractivity contribution in [1.29, 1.82) is 0 Å². The maximum absolute atomic E-state index is 12.0. The lowest BCUT2D eigenvalue weighted by atomic mass is 10.1. The number of hydrogen-bond acceptors (Lipinski definition) is 5. The molecule has 138 valence electrons. The van der Waals surface area contributed by atoms with E-state index in [-0.39, 0.29) is 6.61 Å². The average molecular weight is 357 g/mol. The number of aryl methyl sites for hydroxylation is 1. The van der Waals surface area contributed by atoms with Crippen LogP contribution in [0.25, 0.3) is 0 Å². The summed E-state index contributed by atoms with van der Waals surface area (Å²) in [7, 11) is 0. The van der Waals surface area contributed by atoms with Crippen LogP contribution in [0.4, 0.5) is 10.5 Å². The lowest BCUT2D eigenvalue weighted by Gasteiger charge is -2.16. The summed E-state index contributed by atoms with van der Waals surface area (Å²) < 4.78 is 22.1. The van der Waals surface area contributed by atoms with E-state index in [4.69, 9.17) is 18.9 Å². The summed E-state index contributed by atoms with van der Waals surface area (Å²) in [5.41, 5.74) is 3.50. The summed E-state index contributed by atoms with van der Waals surface area (Å²) in [5.74, 6) is 0.680. The highest BCUT2D eigenvalue weighted by Gasteiger charge is 2.22. The third-order valence-electron chi connectivity index (χ3n) is 3.92. The first-order chi connectivity index (χ1) is 12.7. The second-order valence-corrected chi connectivity index (χ2v) is 5.95. The first-order valence-electron chi connectivity index (χ1n) is 8.65. The first kappa shape index (κ1) is 18.2. The molecule has 2 aromatic carbocycles. The summed E-state index contributed by atoms with van der Waals surface area (Å²) >= 11 is 0. The van der Waals surface area contributed by atoms with Gasteiger partial charge in [-0.25, -0.2) is 4.79 Å². The van der Waals surface area contributed by atoms with Crippen molar-refractivity contribution in [3.05, 3.63) is 59.2 Å². The molecular weight excluding hydrogens is 334 g/mol. The minimum absolute atomic E-state index is 0.143. The molecule has 0 aromatic heterocycles. The van der Waals surface area contributed by atoms with Gasteiger partial charge in [-0.2, -0.15) is 0 Å². The molecular formula is C20H23NO5. The largest absolute Gasteiger partial charge is 0.493 e. The molecule has 6 nitrogen and oxygen atoms in total. The predicted octanol–water partition coefficient (Wildman–Crippen LogP) is 4.19. The van der Waals surface area contributed by atoms with Crippen LogP contribution in [-0.2, 0) is 20.8 Å². The van der Waals surface area contributed by atoms with Gasteiger partial charge >= 0.3 is 6.09 Å². The highest BCUT2D eigenvalue weighted by molar-refractivity contribution is 5.84. The van der Waals surface area contributed by atoms with Gasteiger partial charge in [-0.15, -0.1) is 0 Å². The highest BCUT2D eigenvalue weighted by Crippen LogP contribution is 2.32. The molecule has 1 aliphatic rings. The molecule has 0 bridgehead atoms. The molecule has 1 amide bonds.